The Morgan fingerprint density at radius 1 is 1.21 bits per heavy atom. The highest BCUT2D eigenvalue weighted by atomic mass is 16.6. The number of amides is 2. The molecule has 2 rings (SSSR count). The maximum Gasteiger partial charge on any atom is 0.344 e. The molecule has 28 heavy (non-hydrogen) atoms. The van der Waals surface area contributed by atoms with Gasteiger partial charge in [-0.25, -0.2) is 9.59 Å². The average Bonchev–Trinajstić information content (AvgIpc) is 2.60. The average molecular weight is 393 g/mol. The van der Waals surface area contributed by atoms with Crippen LogP contribution in [0, 0.1) is 10.1 Å². The third-order valence-electron chi connectivity index (χ3n) is 4.13. The van der Waals surface area contributed by atoms with Gasteiger partial charge in [0.1, 0.15) is 5.60 Å². The summed E-state index contributed by atoms with van der Waals surface area (Å²) in [5, 5.41) is 16.6. The summed E-state index contributed by atoms with van der Waals surface area (Å²) >= 11 is 0. The van der Waals surface area contributed by atoms with Gasteiger partial charge in [0.2, 0.25) is 0 Å². The van der Waals surface area contributed by atoms with E-state index < -0.39 is 29.1 Å². The Kier molecular flexibility index (Phi) is 7.19. The minimum Gasteiger partial charge on any atom is -0.479 e. The molecule has 1 fully saturated rings. The third-order valence-corrected chi connectivity index (χ3v) is 4.13. The number of carbonyl (C=O) groups is 2. The Balaban J connectivity index is 2.06. The highest BCUT2D eigenvalue weighted by Gasteiger charge is 2.20. The molecule has 0 saturated heterocycles. The summed E-state index contributed by atoms with van der Waals surface area (Å²) in [5.74, 6) is -0.588. The summed E-state index contributed by atoms with van der Waals surface area (Å²) < 4.78 is 10.6. The number of rotatable bonds is 6. The zero-order valence-electron chi connectivity index (χ0n) is 16.4. The van der Waals surface area contributed by atoms with Gasteiger partial charge in [0.05, 0.1) is 16.7 Å². The van der Waals surface area contributed by atoms with Crippen molar-refractivity contribution in [1.29, 1.82) is 0 Å². The summed E-state index contributed by atoms with van der Waals surface area (Å²) in [5.41, 5.74) is -0.649. The summed E-state index contributed by atoms with van der Waals surface area (Å²) in [4.78, 5) is 34.6. The number of nitrogens with zero attached hydrogens (tertiary/aromatic N) is 1. The molecule has 2 amide bonds. The zero-order chi connectivity index (χ0) is 20.7. The number of nitro benzene ring substituents is 1. The lowest BCUT2D eigenvalue weighted by Crippen LogP contribution is -2.39. The van der Waals surface area contributed by atoms with Crippen molar-refractivity contribution >= 4 is 23.4 Å². The molecule has 1 aliphatic carbocycles. The third kappa shape index (κ3) is 7.05. The molecule has 2 N–H and O–H groups in total. The first-order valence-corrected chi connectivity index (χ1v) is 9.34. The predicted octanol–water partition coefficient (Wildman–Crippen LogP) is 3.77. The second kappa shape index (κ2) is 9.38. The number of ether oxygens (including phenoxy) is 2. The van der Waals surface area contributed by atoms with E-state index in [-0.39, 0.29) is 23.2 Å². The van der Waals surface area contributed by atoms with Crippen LogP contribution in [0.15, 0.2) is 18.2 Å². The molecule has 9 heteroatoms. The molecule has 9 nitrogen and oxygen atoms in total. The summed E-state index contributed by atoms with van der Waals surface area (Å²) in [6.45, 7) is 4.74. The molecular formula is C19H27N3O6. The van der Waals surface area contributed by atoms with Gasteiger partial charge in [-0.15, -0.1) is 0 Å². The van der Waals surface area contributed by atoms with Gasteiger partial charge in [0.15, 0.2) is 12.4 Å². The van der Waals surface area contributed by atoms with Crippen LogP contribution in [-0.4, -0.2) is 35.2 Å². The monoisotopic (exact) mass is 393 g/mol. The summed E-state index contributed by atoms with van der Waals surface area (Å²) in [7, 11) is 0. The molecule has 1 saturated carbocycles. The maximum atomic E-state index is 12.3. The minimum absolute atomic E-state index is 0.0267. The Morgan fingerprint density at radius 3 is 2.50 bits per heavy atom. The SMILES string of the molecule is CC(C)(C)OC(=O)COc1cc([N+](=O)[O-])ccc1NC(=O)NC1CCCCC1. The van der Waals surface area contributed by atoms with Crippen molar-refractivity contribution in [3.63, 3.8) is 0 Å². The fourth-order valence-electron chi connectivity index (χ4n) is 2.95. The lowest BCUT2D eigenvalue weighted by atomic mass is 9.96. The number of hydrogen-bond donors (Lipinski definition) is 2. The van der Waals surface area contributed by atoms with Crippen molar-refractivity contribution in [2.24, 2.45) is 0 Å². The number of urea groups is 1. The Hall–Kier alpha value is -2.84. The van der Waals surface area contributed by atoms with Gasteiger partial charge < -0.3 is 20.1 Å². The minimum atomic E-state index is -0.676. The van der Waals surface area contributed by atoms with E-state index in [9.17, 15) is 19.7 Å². The van der Waals surface area contributed by atoms with Gasteiger partial charge in [-0.2, -0.15) is 0 Å². The Bertz CT molecular complexity index is 723. The zero-order valence-corrected chi connectivity index (χ0v) is 16.4. The number of non-ortho nitro benzene ring substituents is 1. The van der Waals surface area contributed by atoms with E-state index in [2.05, 4.69) is 10.6 Å². The topological polar surface area (TPSA) is 120 Å². The summed E-state index contributed by atoms with van der Waals surface area (Å²) in [6.07, 6.45) is 5.18. The second-order valence-electron chi connectivity index (χ2n) is 7.75. The second-order valence-corrected chi connectivity index (χ2v) is 7.75. The van der Waals surface area contributed by atoms with Crippen LogP contribution in [0.1, 0.15) is 52.9 Å². The van der Waals surface area contributed by atoms with Gasteiger partial charge >= 0.3 is 12.0 Å². The van der Waals surface area contributed by atoms with E-state index in [0.717, 1.165) is 25.7 Å². The first-order valence-electron chi connectivity index (χ1n) is 9.34. The molecule has 0 aromatic heterocycles. The largest absolute Gasteiger partial charge is 0.479 e. The van der Waals surface area contributed by atoms with Crippen molar-refractivity contribution in [2.75, 3.05) is 11.9 Å². The molecule has 0 radical (unpaired) electrons. The van der Waals surface area contributed by atoms with Gasteiger partial charge in [-0.05, 0) is 39.7 Å². The quantitative estimate of drug-likeness (QED) is 0.431. The predicted molar refractivity (Wildman–Crippen MR) is 103 cm³/mol. The maximum absolute atomic E-state index is 12.3. The lowest BCUT2D eigenvalue weighted by Gasteiger charge is -2.23. The van der Waals surface area contributed by atoms with Crippen LogP contribution in [0.4, 0.5) is 16.2 Å². The molecule has 0 unspecified atom stereocenters. The normalized spacial score (nSPS) is 14.8. The van der Waals surface area contributed by atoms with Gasteiger partial charge in [0, 0.05) is 12.1 Å². The van der Waals surface area contributed by atoms with Crippen LogP contribution in [0.3, 0.4) is 0 Å². The highest BCUT2D eigenvalue weighted by Crippen LogP contribution is 2.29. The van der Waals surface area contributed by atoms with E-state index in [1.807, 2.05) is 0 Å². The number of hydrogen-bond acceptors (Lipinski definition) is 6. The number of benzene rings is 1. The van der Waals surface area contributed by atoms with Crippen molar-refractivity contribution in [3.8, 4) is 5.75 Å². The standard InChI is InChI=1S/C19H27N3O6/c1-19(2,3)28-17(23)12-27-16-11-14(22(25)26)9-10-15(16)21-18(24)20-13-7-5-4-6-8-13/h9-11,13H,4-8,12H2,1-3H3,(H2,20,21,24). The molecule has 1 aromatic carbocycles. The van der Waals surface area contributed by atoms with Gasteiger partial charge in [-0.1, -0.05) is 19.3 Å². The number of anilines is 1. The molecule has 1 aliphatic rings. The van der Waals surface area contributed by atoms with Crippen LogP contribution in [0.2, 0.25) is 0 Å². The van der Waals surface area contributed by atoms with Crippen molar-refractivity contribution in [1.82, 2.24) is 5.32 Å². The number of esters is 1. The molecule has 0 bridgehead atoms. The Labute approximate surface area is 163 Å². The van der Waals surface area contributed by atoms with E-state index >= 15 is 0 Å². The fourth-order valence-corrected chi connectivity index (χ4v) is 2.95. The number of carbonyl (C=O) groups excluding carboxylic acids is 2. The van der Waals surface area contributed by atoms with E-state index in [1.54, 1.807) is 20.8 Å². The van der Waals surface area contributed by atoms with Crippen molar-refractivity contribution in [2.45, 2.75) is 64.5 Å². The summed E-state index contributed by atoms with van der Waals surface area (Å²) in [6, 6.07) is 3.50. The molecular weight excluding hydrogens is 366 g/mol. The van der Waals surface area contributed by atoms with Gasteiger partial charge in [0.25, 0.3) is 5.69 Å². The van der Waals surface area contributed by atoms with Gasteiger partial charge in [-0.3, -0.25) is 10.1 Å². The highest BCUT2D eigenvalue weighted by molar-refractivity contribution is 5.91. The van der Waals surface area contributed by atoms with E-state index in [4.69, 9.17) is 9.47 Å². The molecule has 154 valence electrons. The fraction of sp³-hybridized carbons (Fsp3) is 0.579. The lowest BCUT2D eigenvalue weighted by molar-refractivity contribution is -0.384. The molecule has 0 atom stereocenters. The molecule has 0 spiro atoms. The molecule has 1 aromatic rings. The van der Waals surface area contributed by atoms with Crippen LogP contribution in [-0.2, 0) is 9.53 Å². The number of nitrogens with one attached hydrogen (secondary N) is 2. The first kappa shape index (κ1) is 21.5. The van der Waals surface area contributed by atoms with E-state index in [0.29, 0.717) is 0 Å². The molecule has 0 heterocycles. The van der Waals surface area contributed by atoms with Crippen LogP contribution in [0.5, 0.6) is 5.75 Å². The van der Waals surface area contributed by atoms with Crippen molar-refractivity contribution in [3.05, 3.63) is 28.3 Å². The number of nitro groups is 1. The van der Waals surface area contributed by atoms with Crippen LogP contribution < -0.4 is 15.4 Å². The smallest absolute Gasteiger partial charge is 0.344 e. The van der Waals surface area contributed by atoms with Crippen LogP contribution >= 0.6 is 0 Å². The first-order chi connectivity index (χ1) is 13.1. The Morgan fingerprint density at radius 2 is 1.89 bits per heavy atom. The van der Waals surface area contributed by atoms with Crippen LogP contribution in [0.25, 0.3) is 0 Å². The van der Waals surface area contributed by atoms with E-state index in [1.165, 1.54) is 24.6 Å². The van der Waals surface area contributed by atoms with Crippen molar-refractivity contribution < 1.29 is 24.0 Å². The molecule has 0 aliphatic heterocycles.